The lowest BCUT2D eigenvalue weighted by Gasteiger charge is -2.08. The Balaban J connectivity index is 1.36. The van der Waals surface area contributed by atoms with Crippen LogP contribution in [0, 0.1) is 12.7 Å². The molecule has 0 aliphatic carbocycles. The van der Waals surface area contributed by atoms with Crippen molar-refractivity contribution in [2.45, 2.75) is 13.5 Å². The average molecular weight is 440 g/mol. The summed E-state index contributed by atoms with van der Waals surface area (Å²) < 4.78 is 18.7. The van der Waals surface area contributed by atoms with Gasteiger partial charge in [0.15, 0.2) is 0 Å². The minimum atomic E-state index is -0.387. The number of nitrogens with one attached hydrogen (secondary N) is 2. The van der Waals surface area contributed by atoms with Gasteiger partial charge in [0.1, 0.15) is 11.6 Å². The van der Waals surface area contributed by atoms with Crippen molar-refractivity contribution in [1.29, 1.82) is 0 Å². The van der Waals surface area contributed by atoms with Crippen LogP contribution < -0.4 is 15.4 Å². The Kier molecular flexibility index (Phi) is 8.00. The minimum Gasteiger partial charge on any atom is -0.439 e. The topological polar surface area (TPSA) is 80.3 Å². The molecule has 0 saturated carbocycles. The van der Waals surface area contributed by atoms with Crippen LogP contribution in [0.3, 0.4) is 0 Å². The van der Waals surface area contributed by atoms with Crippen LogP contribution in [0.25, 0.3) is 0 Å². The van der Waals surface area contributed by atoms with Gasteiger partial charge < -0.3 is 15.4 Å². The number of aromatic nitrogens is 1. The van der Waals surface area contributed by atoms with Crippen LogP contribution in [0.15, 0.2) is 66.9 Å². The Bertz CT molecular complexity index is 1040. The number of hydrogen-bond donors (Lipinski definition) is 2. The summed E-state index contributed by atoms with van der Waals surface area (Å²) in [6.45, 7) is 2.26. The number of halogens is 1. The SMILES string of the molecule is Cc1cccc(NC(=O)CSCC(=O)NCc2ccc(Oc3cccc(F)c3)nc2)c1. The van der Waals surface area contributed by atoms with E-state index in [-0.39, 0.29) is 29.1 Å². The van der Waals surface area contributed by atoms with E-state index in [1.165, 1.54) is 23.9 Å². The number of carbonyl (C=O) groups is 2. The van der Waals surface area contributed by atoms with Crippen molar-refractivity contribution in [1.82, 2.24) is 10.3 Å². The van der Waals surface area contributed by atoms with Crippen molar-refractivity contribution >= 4 is 29.3 Å². The van der Waals surface area contributed by atoms with Crippen molar-refractivity contribution in [2.24, 2.45) is 0 Å². The van der Waals surface area contributed by atoms with Gasteiger partial charge in [-0.2, -0.15) is 0 Å². The van der Waals surface area contributed by atoms with E-state index in [9.17, 15) is 14.0 Å². The van der Waals surface area contributed by atoms with Crippen LogP contribution in [0.2, 0.25) is 0 Å². The van der Waals surface area contributed by atoms with Gasteiger partial charge in [0.2, 0.25) is 17.7 Å². The highest BCUT2D eigenvalue weighted by Crippen LogP contribution is 2.20. The molecule has 2 N–H and O–H groups in total. The van der Waals surface area contributed by atoms with Gasteiger partial charge in [-0.15, -0.1) is 11.8 Å². The number of thioether (sulfide) groups is 1. The summed E-state index contributed by atoms with van der Waals surface area (Å²) in [6.07, 6.45) is 1.58. The predicted octanol–water partition coefficient (Wildman–Crippen LogP) is 4.31. The van der Waals surface area contributed by atoms with E-state index in [0.29, 0.717) is 18.2 Å². The highest BCUT2D eigenvalue weighted by Gasteiger charge is 2.07. The molecule has 0 radical (unpaired) electrons. The predicted molar refractivity (Wildman–Crippen MR) is 120 cm³/mol. The van der Waals surface area contributed by atoms with Crippen LogP contribution in [0.5, 0.6) is 11.6 Å². The first kappa shape index (κ1) is 22.3. The summed E-state index contributed by atoms with van der Waals surface area (Å²) >= 11 is 1.24. The fourth-order valence-electron chi connectivity index (χ4n) is 2.64. The number of hydrogen-bond acceptors (Lipinski definition) is 5. The molecule has 2 amide bonds. The van der Waals surface area contributed by atoms with Crippen molar-refractivity contribution in [3.63, 3.8) is 0 Å². The molecule has 160 valence electrons. The van der Waals surface area contributed by atoms with E-state index >= 15 is 0 Å². The number of nitrogens with zero attached hydrogens (tertiary/aromatic N) is 1. The molecule has 0 spiro atoms. The molecule has 6 nitrogen and oxygen atoms in total. The molecule has 0 aliphatic rings. The number of aryl methyl sites for hydroxylation is 1. The Labute approximate surface area is 184 Å². The highest BCUT2D eigenvalue weighted by molar-refractivity contribution is 8.00. The number of ether oxygens (including phenoxy) is 1. The van der Waals surface area contributed by atoms with Gasteiger partial charge in [-0.05, 0) is 42.3 Å². The third-order valence-electron chi connectivity index (χ3n) is 4.07. The van der Waals surface area contributed by atoms with Gasteiger partial charge in [0.25, 0.3) is 0 Å². The van der Waals surface area contributed by atoms with E-state index in [0.717, 1.165) is 16.8 Å². The maximum absolute atomic E-state index is 13.2. The molecule has 8 heteroatoms. The zero-order valence-corrected chi connectivity index (χ0v) is 17.7. The highest BCUT2D eigenvalue weighted by atomic mass is 32.2. The summed E-state index contributed by atoms with van der Waals surface area (Å²) in [4.78, 5) is 28.1. The van der Waals surface area contributed by atoms with Crippen LogP contribution in [0.4, 0.5) is 10.1 Å². The number of amides is 2. The number of pyridine rings is 1. The number of carbonyl (C=O) groups excluding carboxylic acids is 2. The van der Waals surface area contributed by atoms with Gasteiger partial charge >= 0.3 is 0 Å². The van der Waals surface area contributed by atoms with Crippen molar-refractivity contribution in [2.75, 3.05) is 16.8 Å². The fourth-order valence-corrected chi connectivity index (χ4v) is 3.28. The van der Waals surface area contributed by atoms with Crippen LogP contribution in [0.1, 0.15) is 11.1 Å². The van der Waals surface area contributed by atoms with E-state index in [1.807, 2.05) is 31.2 Å². The molecule has 3 aromatic rings. The molecule has 0 atom stereocenters. The first-order valence-electron chi connectivity index (χ1n) is 9.57. The summed E-state index contributed by atoms with van der Waals surface area (Å²) in [7, 11) is 0. The van der Waals surface area contributed by atoms with E-state index in [4.69, 9.17) is 4.74 Å². The van der Waals surface area contributed by atoms with Crippen molar-refractivity contribution in [3.8, 4) is 11.6 Å². The zero-order valence-electron chi connectivity index (χ0n) is 16.9. The maximum atomic E-state index is 13.2. The first-order valence-corrected chi connectivity index (χ1v) is 10.7. The molecule has 0 fully saturated rings. The molecule has 0 bridgehead atoms. The molecule has 31 heavy (non-hydrogen) atoms. The third-order valence-corrected chi connectivity index (χ3v) is 5.01. The van der Waals surface area contributed by atoms with Gasteiger partial charge in [0, 0.05) is 30.6 Å². The van der Waals surface area contributed by atoms with Gasteiger partial charge in [-0.25, -0.2) is 9.37 Å². The second-order valence-electron chi connectivity index (χ2n) is 6.75. The zero-order chi connectivity index (χ0) is 22.1. The lowest BCUT2D eigenvalue weighted by molar-refractivity contribution is -0.118. The lowest BCUT2D eigenvalue weighted by atomic mass is 10.2. The molecule has 1 aromatic heterocycles. The monoisotopic (exact) mass is 439 g/mol. The molecule has 1 heterocycles. The first-order chi connectivity index (χ1) is 15.0. The van der Waals surface area contributed by atoms with Crippen LogP contribution in [-0.2, 0) is 16.1 Å². The molecular weight excluding hydrogens is 417 g/mol. The van der Waals surface area contributed by atoms with Crippen molar-refractivity contribution < 1.29 is 18.7 Å². The Morgan fingerprint density at radius 3 is 2.58 bits per heavy atom. The Morgan fingerprint density at radius 2 is 1.84 bits per heavy atom. The summed E-state index contributed by atoms with van der Waals surface area (Å²) in [6, 6.07) is 16.8. The van der Waals surface area contributed by atoms with E-state index in [2.05, 4.69) is 15.6 Å². The van der Waals surface area contributed by atoms with Crippen molar-refractivity contribution in [3.05, 3.63) is 83.8 Å². The molecule has 0 unspecified atom stereocenters. The Hall–Kier alpha value is -3.39. The quantitative estimate of drug-likeness (QED) is 0.519. The lowest BCUT2D eigenvalue weighted by Crippen LogP contribution is -2.25. The molecule has 0 aliphatic heterocycles. The van der Waals surface area contributed by atoms with Gasteiger partial charge in [-0.1, -0.05) is 24.3 Å². The maximum Gasteiger partial charge on any atom is 0.234 e. The fraction of sp³-hybridized carbons (Fsp3) is 0.174. The van der Waals surface area contributed by atoms with E-state index < -0.39 is 0 Å². The normalized spacial score (nSPS) is 10.4. The minimum absolute atomic E-state index is 0.151. The molecule has 2 aromatic carbocycles. The Morgan fingerprint density at radius 1 is 1.03 bits per heavy atom. The van der Waals surface area contributed by atoms with Gasteiger partial charge in [-0.3, -0.25) is 9.59 Å². The molecule has 3 rings (SSSR count). The number of benzene rings is 2. The summed E-state index contributed by atoms with van der Waals surface area (Å²) in [5.74, 6) is 0.343. The molecular formula is C23H22FN3O3S. The van der Waals surface area contributed by atoms with E-state index in [1.54, 1.807) is 30.5 Å². The average Bonchev–Trinajstić information content (AvgIpc) is 2.73. The second-order valence-corrected chi connectivity index (χ2v) is 7.74. The smallest absolute Gasteiger partial charge is 0.234 e. The molecule has 0 saturated heterocycles. The third kappa shape index (κ3) is 7.75. The second kappa shape index (κ2) is 11.1. The summed E-state index contributed by atoms with van der Waals surface area (Å²) in [5.41, 5.74) is 2.60. The van der Waals surface area contributed by atoms with Gasteiger partial charge in [0.05, 0.1) is 11.5 Å². The number of anilines is 1. The van der Waals surface area contributed by atoms with Crippen LogP contribution >= 0.6 is 11.8 Å². The largest absolute Gasteiger partial charge is 0.439 e. The number of rotatable bonds is 9. The standard InChI is InChI=1S/C23H22FN3O3S/c1-16-4-2-6-19(10-16)27-22(29)15-31-14-21(28)25-12-17-8-9-23(26-13-17)30-20-7-3-5-18(24)11-20/h2-11,13H,12,14-15H2,1H3,(H,25,28)(H,27,29). The van der Waals surface area contributed by atoms with Crippen LogP contribution in [-0.4, -0.2) is 28.3 Å². The summed E-state index contributed by atoms with van der Waals surface area (Å²) in [5, 5.41) is 5.59.